The summed E-state index contributed by atoms with van der Waals surface area (Å²) in [6.07, 6.45) is 1.10. The molecule has 0 bridgehead atoms. The summed E-state index contributed by atoms with van der Waals surface area (Å²) in [5.74, 6) is -0.345. The molecule has 0 aliphatic rings. The van der Waals surface area contributed by atoms with E-state index in [1.54, 1.807) is 23.1 Å². The molecule has 0 heterocycles. The van der Waals surface area contributed by atoms with Crippen molar-refractivity contribution in [3.05, 3.63) is 35.4 Å². The highest BCUT2D eigenvalue weighted by molar-refractivity contribution is 7.90. The van der Waals surface area contributed by atoms with E-state index in [0.29, 0.717) is 25.2 Å². The lowest BCUT2D eigenvalue weighted by atomic mass is 10.1. The predicted octanol–water partition coefficient (Wildman–Crippen LogP) is 0.883. The zero-order chi connectivity index (χ0) is 17.5. The van der Waals surface area contributed by atoms with Crippen LogP contribution in [-0.2, 0) is 21.2 Å². The van der Waals surface area contributed by atoms with Crippen LogP contribution in [0.15, 0.2) is 24.3 Å². The number of sulfone groups is 1. The summed E-state index contributed by atoms with van der Waals surface area (Å²) in [5, 5.41) is 8.95. The maximum atomic E-state index is 12.3. The minimum absolute atomic E-state index is 0.0236. The van der Waals surface area contributed by atoms with Crippen LogP contribution in [0.2, 0.25) is 0 Å². The third-order valence-corrected chi connectivity index (χ3v) is 4.23. The van der Waals surface area contributed by atoms with Gasteiger partial charge in [-0.2, -0.15) is 5.26 Å². The summed E-state index contributed by atoms with van der Waals surface area (Å²) in [6, 6.07) is 9.16. The number of amides is 1. The summed E-state index contributed by atoms with van der Waals surface area (Å²) < 4.78 is 22.5. The van der Waals surface area contributed by atoms with Gasteiger partial charge in [-0.15, -0.1) is 0 Å². The van der Waals surface area contributed by atoms with E-state index in [1.807, 2.05) is 25.1 Å². The quantitative estimate of drug-likeness (QED) is 0.703. The van der Waals surface area contributed by atoms with Gasteiger partial charge in [-0.3, -0.25) is 4.79 Å². The summed E-state index contributed by atoms with van der Waals surface area (Å²) >= 11 is 0. The lowest BCUT2D eigenvalue weighted by Crippen LogP contribution is -2.37. The summed E-state index contributed by atoms with van der Waals surface area (Å²) in [6.45, 7) is 1.56. The fourth-order valence-electron chi connectivity index (χ4n) is 2.00. The van der Waals surface area contributed by atoms with E-state index in [1.165, 1.54) is 0 Å². The van der Waals surface area contributed by atoms with Gasteiger partial charge in [-0.1, -0.05) is 12.1 Å². The molecule has 23 heavy (non-hydrogen) atoms. The molecule has 126 valence electrons. The fourth-order valence-corrected chi connectivity index (χ4v) is 2.55. The van der Waals surface area contributed by atoms with Crippen LogP contribution in [0.1, 0.15) is 17.5 Å². The number of benzene rings is 1. The molecule has 0 N–H and O–H groups in total. The van der Waals surface area contributed by atoms with Gasteiger partial charge in [0.25, 0.3) is 0 Å². The Hall–Kier alpha value is -1.91. The predicted molar refractivity (Wildman–Crippen MR) is 89.5 cm³/mol. The van der Waals surface area contributed by atoms with Gasteiger partial charge in [-0.05, 0) is 31.8 Å². The number of rotatable bonds is 8. The van der Waals surface area contributed by atoms with Gasteiger partial charge in [0.2, 0.25) is 5.91 Å². The molecule has 0 aliphatic heterocycles. The summed E-state index contributed by atoms with van der Waals surface area (Å²) in [7, 11) is 0.656. The Bertz CT molecular complexity index is 678. The third-order valence-electron chi connectivity index (χ3n) is 3.29. The van der Waals surface area contributed by atoms with Crippen molar-refractivity contribution < 1.29 is 13.2 Å². The maximum Gasteiger partial charge on any atom is 0.223 e. The van der Waals surface area contributed by atoms with Gasteiger partial charge in [-0.25, -0.2) is 8.42 Å². The minimum atomic E-state index is -3.17. The molecule has 6 nitrogen and oxygen atoms in total. The van der Waals surface area contributed by atoms with Crippen LogP contribution >= 0.6 is 0 Å². The van der Waals surface area contributed by atoms with Crippen LogP contribution in [0.3, 0.4) is 0 Å². The zero-order valence-electron chi connectivity index (χ0n) is 13.8. The van der Waals surface area contributed by atoms with Crippen LogP contribution in [-0.4, -0.2) is 63.3 Å². The first-order chi connectivity index (χ1) is 10.7. The van der Waals surface area contributed by atoms with Gasteiger partial charge in [0.15, 0.2) is 0 Å². The molecule has 0 aliphatic carbocycles. The lowest BCUT2D eigenvalue weighted by molar-refractivity contribution is -0.131. The molecule has 7 heteroatoms. The van der Waals surface area contributed by atoms with Gasteiger partial charge in [0.1, 0.15) is 9.84 Å². The Morgan fingerprint density at radius 3 is 2.52 bits per heavy atom. The van der Waals surface area contributed by atoms with Crippen molar-refractivity contribution in [3.63, 3.8) is 0 Å². The average Bonchev–Trinajstić information content (AvgIpc) is 2.48. The van der Waals surface area contributed by atoms with Crippen LogP contribution in [0.25, 0.3) is 0 Å². The molecule has 0 aromatic heterocycles. The second kappa shape index (κ2) is 8.65. The highest BCUT2D eigenvalue weighted by Gasteiger charge is 2.16. The number of nitrogens with zero attached hydrogens (tertiary/aromatic N) is 3. The molecule has 0 fully saturated rings. The number of carbonyl (C=O) groups excluding carboxylic acids is 1. The van der Waals surface area contributed by atoms with Crippen molar-refractivity contribution >= 4 is 15.7 Å². The molecule has 0 radical (unpaired) electrons. The molecule has 1 amide bonds. The SMILES string of the molecule is CN(C)CCN(Cc1cccc(C#N)c1)C(=O)CCS(C)(=O)=O. The van der Waals surface area contributed by atoms with Crippen molar-refractivity contribution in [2.75, 3.05) is 39.2 Å². The molecule has 0 unspecified atom stereocenters. The van der Waals surface area contributed by atoms with Crippen LogP contribution < -0.4 is 0 Å². The summed E-state index contributed by atoms with van der Waals surface area (Å²) in [4.78, 5) is 15.9. The van der Waals surface area contributed by atoms with E-state index in [0.717, 1.165) is 11.8 Å². The molecule has 1 aromatic carbocycles. The van der Waals surface area contributed by atoms with E-state index >= 15 is 0 Å². The minimum Gasteiger partial charge on any atom is -0.337 e. The number of carbonyl (C=O) groups is 1. The van der Waals surface area contributed by atoms with E-state index in [9.17, 15) is 13.2 Å². The Labute approximate surface area is 138 Å². The molecule has 0 atom stereocenters. The smallest absolute Gasteiger partial charge is 0.223 e. The van der Waals surface area contributed by atoms with Crippen molar-refractivity contribution in [2.45, 2.75) is 13.0 Å². The second-order valence-electron chi connectivity index (χ2n) is 5.81. The Morgan fingerprint density at radius 1 is 1.26 bits per heavy atom. The highest BCUT2D eigenvalue weighted by Crippen LogP contribution is 2.09. The third kappa shape index (κ3) is 7.77. The van der Waals surface area contributed by atoms with E-state index < -0.39 is 9.84 Å². The average molecular weight is 337 g/mol. The van der Waals surface area contributed by atoms with E-state index in [-0.39, 0.29) is 18.1 Å². The van der Waals surface area contributed by atoms with Crippen molar-refractivity contribution in [3.8, 4) is 6.07 Å². The van der Waals surface area contributed by atoms with Gasteiger partial charge in [0, 0.05) is 32.3 Å². The lowest BCUT2D eigenvalue weighted by Gasteiger charge is -2.24. The number of hydrogen-bond acceptors (Lipinski definition) is 5. The Morgan fingerprint density at radius 2 is 1.96 bits per heavy atom. The molecule has 0 saturated carbocycles. The number of hydrogen-bond donors (Lipinski definition) is 0. The molecular weight excluding hydrogens is 314 g/mol. The first-order valence-electron chi connectivity index (χ1n) is 7.30. The zero-order valence-corrected chi connectivity index (χ0v) is 14.6. The highest BCUT2D eigenvalue weighted by atomic mass is 32.2. The molecule has 0 spiro atoms. The molecule has 1 aromatic rings. The molecule has 0 saturated heterocycles. The second-order valence-corrected chi connectivity index (χ2v) is 8.07. The number of likely N-dealkylation sites (N-methyl/N-ethyl adjacent to an activating group) is 1. The van der Waals surface area contributed by atoms with Gasteiger partial charge in [0.05, 0.1) is 17.4 Å². The van der Waals surface area contributed by atoms with Crippen molar-refractivity contribution in [1.82, 2.24) is 9.80 Å². The van der Waals surface area contributed by atoms with Gasteiger partial charge >= 0.3 is 0 Å². The molecule has 1 rings (SSSR count). The monoisotopic (exact) mass is 337 g/mol. The van der Waals surface area contributed by atoms with Crippen LogP contribution in [0.5, 0.6) is 0 Å². The number of nitriles is 1. The first kappa shape index (κ1) is 19.1. The van der Waals surface area contributed by atoms with E-state index in [2.05, 4.69) is 6.07 Å². The standard InChI is InChI=1S/C16H23N3O3S/c1-18(2)8-9-19(16(20)7-10-23(3,21)22)13-15-6-4-5-14(11-15)12-17/h4-6,11H,7-10,13H2,1-3H3. The largest absolute Gasteiger partial charge is 0.337 e. The van der Waals surface area contributed by atoms with Crippen molar-refractivity contribution in [2.24, 2.45) is 0 Å². The topological polar surface area (TPSA) is 81.5 Å². The first-order valence-corrected chi connectivity index (χ1v) is 9.36. The fraction of sp³-hybridized carbons (Fsp3) is 0.500. The maximum absolute atomic E-state index is 12.3. The van der Waals surface area contributed by atoms with Crippen molar-refractivity contribution in [1.29, 1.82) is 5.26 Å². The Balaban J connectivity index is 2.82. The van der Waals surface area contributed by atoms with Gasteiger partial charge < -0.3 is 9.80 Å². The summed E-state index contributed by atoms with van der Waals surface area (Å²) in [5.41, 5.74) is 1.40. The van der Waals surface area contributed by atoms with Crippen LogP contribution in [0.4, 0.5) is 0 Å². The Kier molecular flexibility index (Phi) is 7.20. The van der Waals surface area contributed by atoms with E-state index in [4.69, 9.17) is 5.26 Å². The van der Waals surface area contributed by atoms with Crippen LogP contribution in [0, 0.1) is 11.3 Å². The molecular formula is C16H23N3O3S. The normalized spacial score (nSPS) is 11.3.